The molecule has 1 aromatic carbocycles. The zero-order valence-electron chi connectivity index (χ0n) is 10.2. The van der Waals surface area contributed by atoms with Gasteiger partial charge >= 0.3 is 0 Å². The van der Waals surface area contributed by atoms with Gasteiger partial charge in [0.05, 0.1) is 0 Å². The number of benzene rings is 1. The molecule has 0 radical (unpaired) electrons. The Morgan fingerprint density at radius 1 is 1.29 bits per heavy atom. The van der Waals surface area contributed by atoms with Crippen LogP contribution in [-0.2, 0) is 6.42 Å². The number of halogens is 2. The van der Waals surface area contributed by atoms with Gasteiger partial charge in [0, 0.05) is 5.02 Å². The second-order valence-electron chi connectivity index (χ2n) is 3.95. The molecule has 0 fully saturated rings. The Hall–Kier alpha value is -0.860. The maximum absolute atomic E-state index is 13.0. The van der Waals surface area contributed by atoms with E-state index in [2.05, 4.69) is 18.3 Å². The van der Waals surface area contributed by atoms with Crippen molar-refractivity contribution in [3.8, 4) is 0 Å². The van der Waals surface area contributed by atoms with Crippen molar-refractivity contribution in [1.29, 1.82) is 0 Å². The van der Waals surface area contributed by atoms with Crippen molar-refractivity contribution in [2.75, 3.05) is 13.1 Å². The number of nitrogens with one attached hydrogen (secondary N) is 1. The van der Waals surface area contributed by atoms with Crippen LogP contribution in [0.3, 0.4) is 0 Å². The van der Waals surface area contributed by atoms with E-state index in [4.69, 9.17) is 11.6 Å². The van der Waals surface area contributed by atoms with Crippen LogP contribution in [0.4, 0.5) is 4.39 Å². The maximum Gasteiger partial charge on any atom is 0.123 e. The molecular weight excluding hydrogens is 237 g/mol. The molecule has 3 heteroatoms. The molecule has 0 saturated carbocycles. The summed E-state index contributed by atoms with van der Waals surface area (Å²) in [5.41, 5.74) is 0.837. The predicted octanol–water partition coefficient (Wildman–Crippen LogP) is 3.97. The Kier molecular flexibility index (Phi) is 6.90. The monoisotopic (exact) mass is 255 g/mol. The second-order valence-corrected chi connectivity index (χ2v) is 4.36. The second kappa shape index (κ2) is 8.26. The molecule has 0 bridgehead atoms. The van der Waals surface area contributed by atoms with Gasteiger partial charge in [-0.15, -0.1) is 0 Å². The van der Waals surface area contributed by atoms with E-state index in [1.54, 1.807) is 6.07 Å². The van der Waals surface area contributed by atoms with Gasteiger partial charge in [-0.3, -0.25) is 0 Å². The fourth-order valence-corrected chi connectivity index (χ4v) is 1.71. The summed E-state index contributed by atoms with van der Waals surface area (Å²) >= 11 is 5.96. The van der Waals surface area contributed by atoms with Gasteiger partial charge in [0.1, 0.15) is 5.82 Å². The lowest BCUT2D eigenvalue weighted by atomic mass is 10.1. The highest BCUT2D eigenvalue weighted by Gasteiger charge is 1.99. The lowest BCUT2D eigenvalue weighted by Crippen LogP contribution is -2.14. The van der Waals surface area contributed by atoms with Gasteiger partial charge in [0.25, 0.3) is 0 Å². The third kappa shape index (κ3) is 5.85. The summed E-state index contributed by atoms with van der Waals surface area (Å²) in [5.74, 6) is -0.234. The maximum atomic E-state index is 13.0. The zero-order valence-corrected chi connectivity index (χ0v) is 10.9. The van der Waals surface area contributed by atoms with Crippen LogP contribution in [0.1, 0.15) is 25.3 Å². The minimum absolute atomic E-state index is 0.234. The van der Waals surface area contributed by atoms with Gasteiger partial charge in [-0.25, -0.2) is 4.39 Å². The summed E-state index contributed by atoms with van der Waals surface area (Å²) in [6.45, 7) is 4.19. The highest BCUT2D eigenvalue weighted by Crippen LogP contribution is 2.17. The van der Waals surface area contributed by atoms with Gasteiger partial charge in [0.15, 0.2) is 0 Å². The van der Waals surface area contributed by atoms with E-state index < -0.39 is 0 Å². The molecule has 1 N–H and O–H groups in total. The van der Waals surface area contributed by atoms with Crippen LogP contribution in [-0.4, -0.2) is 13.1 Å². The average molecular weight is 256 g/mol. The first-order chi connectivity index (χ1) is 8.24. The van der Waals surface area contributed by atoms with Crippen molar-refractivity contribution in [2.24, 2.45) is 0 Å². The van der Waals surface area contributed by atoms with Gasteiger partial charge in [-0.1, -0.05) is 30.7 Å². The van der Waals surface area contributed by atoms with Crippen molar-refractivity contribution in [1.82, 2.24) is 5.32 Å². The van der Waals surface area contributed by atoms with Crippen molar-refractivity contribution >= 4 is 11.6 Å². The summed E-state index contributed by atoms with van der Waals surface area (Å²) in [4.78, 5) is 0. The van der Waals surface area contributed by atoms with E-state index in [-0.39, 0.29) is 5.82 Å². The molecule has 0 aromatic heterocycles. The molecule has 17 heavy (non-hydrogen) atoms. The molecule has 94 valence electrons. The average Bonchev–Trinajstić information content (AvgIpc) is 2.32. The fraction of sp³-hybridized carbons (Fsp3) is 0.429. The first kappa shape index (κ1) is 14.2. The van der Waals surface area contributed by atoms with Crippen LogP contribution < -0.4 is 5.32 Å². The summed E-state index contributed by atoms with van der Waals surface area (Å²) in [6, 6.07) is 4.47. The lowest BCUT2D eigenvalue weighted by Gasteiger charge is -2.01. The molecule has 1 nitrogen and oxygen atoms in total. The Bertz CT molecular complexity index is 363. The van der Waals surface area contributed by atoms with Gasteiger partial charge in [0.2, 0.25) is 0 Å². The smallest absolute Gasteiger partial charge is 0.123 e. The van der Waals surface area contributed by atoms with Crippen LogP contribution in [0.25, 0.3) is 0 Å². The normalized spacial score (nSPS) is 11.2. The molecule has 0 atom stereocenters. The summed E-state index contributed by atoms with van der Waals surface area (Å²) < 4.78 is 13.0. The van der Waals surface area contributed by atoms with E-state index in [0.29, 0.717) is 11.4 Å². The number of allylic oxidation sites excluding steroid dienone is 1. The van der Waals surface area contributed by atoms with Crippen LogP contribution >= 0.6 is 11.6 Å². The van der Waals surface area contributed by atoms with Crippen molar-refractivity contribution in [2.45, 2.75) is 26.2 Å². The highest BCUT2D eigenvalue weighted by atomic mass is 35.5. The molecule has 0 heterocycles. The first-order valence-electron chi connectivity index (χ1n) is 6.03. The van der Waals surface area contributed by atoms with Crippen molar-refractivity contribution in [3.63, 3.8) is 0 Å². The van der Waals surface area contributed by atoms with Crippen LogP contribution in [0, 0.1) is 5.82 Å². The number of hydrogen-bond donors (Lipinski definition) is 1. The molecule has 0 unspecified atom stereocenters. The standard InChI is InChI=1S/C14H19ClFN/c1-2-9-17-10-5-3-4-6-12-11-13(16)7-8-14(12)15/h3-4,7-8,11,17H,2,5-6,9-10H2,1H3/b4-3+. The Morgan fingerprint density at radius 3 is 2.88 bits per heavy atom. The molecule has 0 aliphatic rings. The zero-order chi connectivity index (χ0) is 12.5. The van der Waals surface area contributed by atoms with Gasteiger partial charge < -0.3 is 5.32 Å². The molecule has 0 aliphatic heterocycles. The van der Waals surface area contributed by atoms with Crippen molar-refractivity contribution in [3.05, 3.63) is 46.8 Å². The largest absolute Gasteiger partial charge is 0.316 e. The summed E-state index contributed by atoms with van der Waals surface area (Å²) in [5, 5.41) is 3.94. The minimum atomic E-state index is -0.234. The SMILES string of the molecule is CCCNCC/C=C/Cc1cc(F)ccc1Cl. The number of hydrogen-bond acceptors (Lipinski definition) is 1. The molecular formula is C14H19ClFN. The van der Waals surface area contributed by atoms with E-state index in [1.165, 1.54) is 12.1 Å². The van der Waals surface area contributed by atoms with Crippen LogP contribution in [0.2, 0.25) is 5.02 Å². The molecule has 0 aliphatic carbocycles. The molecule has 1 rings (SSSR count). The topological polar surface area (TPSA) is 12.0 Å². The highest BCUT2D eigenvalue weighted by molar-refractivity contribution is 6.31. The third-order valence-electron chi connectivity index (χ3n) is 2.43. The Morgan fingerprint density at radius 2 is 2.12 bits per heavy atom. The minimum Gasteiger partial charge on any atom is -0.316 e. The summed E-state index contributed by atoms with van der Waals surface area (Å²) in [6.07, 6.45) is 6.97. The van der Waals surface area contributed by atoms with Gasteiger partial charge in [-0.2, -0.15) is 0 Å². The lowest BCUT2D eigenvalue weighted by molar-refractivity contribution is 0.626. The predicted molar refractivity (Wildman–Crippen MR) is 72.0 cm³/mol. The first-order valence-corrected chi connectivity index (χ1v) is 6.41. The van der Waals surface area contributed by atoms with Crippen molar-refractivity contribution < 1.29 is 4.39 Å². The molecule has 1 aromatic rings. The third-order valence-corrected chi connectivity index (χ3v) is 2.80. The van der Waals surface area contributed by atoms with E-state index in [0.717, 1.165) is 31.5 Å². The van der Waals surface area contributed by atoms with Crippen LogP contribution in [0.15, 0.2) is 30.4 Å². The molecule has 0 spiro atoms. The van der Waals surface area contributed by atoms with E-state index >= 15 is 0 Å². The van der Waals surface area contributed by atoms with E-state index in [1.807, 2.05) is 6.08 Å². The Labute approximate surface area is 108 Å². The van der Waals surface area contributed by atoms with Crippen LogP contribution in [0.5, 0.6) is 0 Å². The fourth-order valence-electron chi connectivity index (χ4n) is 1.52. The van der Waals surface area contributed by atoms with Gasteiger partial charge in [-0.05, 0) is 56.1 Å². The summed E-state index contributed by atoms with van der Waals surface area (Å²) in [7, 11) is 0. The Balaban J connectivity index is 2.29. The molecule has 0 amide bonds. The quantitative estimate of drug-likeness (QED) is 0.574. The van der Waals surface area contributed by atoms with E-state index in [9.17, 15) is 4.39 Å². The molecule has 0 saturated heterocycles. The number of rotatable bonds is 7.